The monoisotopic (exact) mass is 451 g/mol. The van der Waals surface area contributed by atoms with E-state index >= 15 is 0 Å². The number of sulfonamides is 1. The summed E-state index contributed by atoms with van der Waals surface area (Å²) in [6.07, 6.45) is 1.70. The molecule has 4 aromatic rings. The number of amides is 1. The lowest BCUT2D eigenvalue weighted by Crippen LogP contribution is -2.13. The molecule has 0 saturated carbocycles. The van der Waals surface area contributed by atoms with Gasteiger partial charge in [-0.05, 0) is 60.0 Å². The van der Waals surface area contributed by atoms with E-state index in [0.717, 1.165) is 34.0 Å². The van der Waals surface area contributed by atoms with E-state index in [0.29, 0.717) is 17.8 Å². The summed E-state index contributed by atoms with van der Waals surface area (Å²) in [7, 11) is -3.36. The summed E-state index contributed by atoms with van der Waals surface area (Å²) in [5, 5.41) is 3.57. The standard InChI is InChI=1S/C24H22FN3O3S/c1-32(30,31)28-19-10-8-18(9-11-19)26-23(29)14-12-20-21-15-17(25)7-13-22(21)27-24(20)16-5-3-2-4-6-16/h2-11,13,15,27-28H,12,14H2,1H3,(H,26,29). The smallest absolute Gasteiger partial charge is 0.229 e. The van der Waals surface area contributed by atoms with Gasteiger partial charge in [-0.15, -0.1) is 0 Å². The van der Waals surface area contributed by atoms with Crippen LogP contribution in [0.3, 0.4) is 0 Å². The molecule has 0 fully saturated rings. The Kier molecular flexibility index (Phi) is 5.96. The molecule has 0 aliphatic heterocycles. The van der Waals surface area contributed by atoms with Crippen LogP contribution in [-0.4, -0.2) is 25.6 Å². The van der Waals surface area contributed by atoms with Gasteiger partial charge in [0, 0.05) is 34.4 Å². The maximum Gasteiger partial charge on any atom is 0.229 e. The second-order valence-corrected chi connectivity index (χ2v) is 9.28. The number of aromatic nitrogens is 1. The fourth-order valence-corrected chi connectivity index (χ4v) is 4.19. The molecule has 164 valence electrons. The first-order chi connectivity index (χ1) is 15.3. The lowest BCUT2D eigenvalue weighted by atomic mass is 10.0. The maximum absolute atomic E-state index is 13.9. The minimum atomic E-state index is -3.36. The Morgan fingerprint density at radius 1 is 0.969 bits per heavy atom. The molecule has 1 aromatic heterocycles. The number of benzene rings is 3. The number of carbonyl (C=O) groups is 1. The highest BCUT2D eigenvalue weighted by atomic mass is 32.2. The molecular formula is C24H22FN3O3S. The molecular weight excluding hydrogens is 429 g/mol. The highest BCUT2D eigenvalue weighted by Crippen LogP contribution is 2.32. The number of H-pyrrole nitrogens is 1. The number of aryl methyl sites for hydroxylation is 1. The van der Waals surface area contributed by atoms with E-state index in [-0.39, 0.29) is 18.1 Å². The van der Waals surface area contributed by atoms with E-state index < -0.39 is 10.0 Å². The van der Waals surface area contributed by atoms with Crippen LogP contribution in [0.25, 0.3) is 22.2 Å². The molecule has 0 radical (unpaired) electrons. The number of nitrogens with one attached hydrogen (secondary N) is 3. The Morgan fingerprint density at radius 3 is 2.34 bits per heavy atom. The zero-order valence-corrected chi connectivity index (χ0v) is 18.2. The van der Waals surface area contributed by atoms with Crippen molar-refractivity contribution in [3.05, 3.63) is 84.2 Å². The summed E-state index contributed by atoms with van der Waals surface area (Å²) in [5.41, 5.74) is 4.51. The molecule has 3 N–H and O–H groups in total. The first-order valence-electron chi connectivity index (χ1n) is 10.0. The number of anilines is 2. The molecule has 3 aromatic carbocycles. The minimum Gasteiger partial charge on any atom is -0.354 e. The Hall–Kier alpha value is -3.65. The predicted molar refractivity (Wildman–Crippen MR) is 126 cm³/mol. The van der Waals surface area contributed by atoms with Crippen molar-refractivity contribution in [3.8, 4) is 11.3 Å². The molecule has 0 unspecified atom stereocenters. The van der Waals surface area contributed by atoms with Crippen molar-refractivity contribution in [2.24, 2.45) is 0 Å². The lowest BCUT2D eigenvalue weighted by Gasteiger charge is -2.09. The third kappa shape index (κ3) is 5.15. The van der Waals surface area contributed by atoms with Crippen molar-refractivity contribution in [1.82, 2.24) is 4.98 Å². The first kappa shape index (κ1) is 21.6. The lowest BCUT2D eigenvalue weighted by molar-refractivity contribution is -0.116. The third-order valence-electron chi connectivity index (χ3n) is 5.00. The number of hydrogen-bond donors (Lipinski definition) is 3. The van der Waals surface area contributed by atoms with Gasteiger partial charge in [0.1, 0.15) is 5.82 Å². The van der Waals surface area contributed by atoms with Gasteiger partial charge in [0.2, 0.25) is 15.9 Å². The fourth-order valence-electron chi connectivity index (χ4n) is 3.63. The van der Waals surface area contributed by atoms with Gasteiger partial charge in [0.15, 0.2) is 0 Å². The van der Waals surface area contributed by atoms with Crippen molar-refractivity contribution >= 4 is 38.2 Å². The summed E-state index contributed by atoms with van der Waals surface area (Å²) < 4.78 is 38.9. The third-order valence-corrected chi connectivity index (χ3v) is 5.61. The molecule has 0 atom stereocenters. The van der Waals surface area contributed by atoms with Crippen molar-refractivity contribution in [3.63, 3.8) is 0 Å². The molecule has 0 saturated heterocycles. The Bertz CT molecular complexity index is 1370. The van der Waals surface area contributed by atoms with E-state index in [1.54, 1.807) is 30.3 Å². The maximum atomic E-state index is 13.9. The molecule has 0 spiro atoms. The Labute approximate surface area is 185 Å². The number of fused-ring (bicyclic) bond motifs is 1. The Balaban J connectivity index is 1.51. The molecule has 32 heavy (non-hydrogen) atoms. The van der Waals surface area contributed by atoms with Crippen LogP contribution in [0.4, 0.5) is 15.8 Å². The largest absolute Gasteiger partial charge is 0.354 e. The van der Waals surface area contributed by atoms with Crippen LogP contribution >= 0.6 is 0 Å². The molecule has 0 aliphatic rings. The van der Waals surface area contributed by atoms with E-state index in [1.807, 2.05) is 30.3 Å². The predicted octanol–water partition coefficient (Wildman–Crippen LogP) is 4.92. The van der Waals surface area contributed by atoms with Gasteiger partial charge in [-0.3, -0.25) is 9.52 Å². The van der Waals surface area contributed by atoms with E-state index in [9.17, 15) is 17.6 Å². The van der Waals surface area contributed by atoms with Gasteiger partial charge >= 0.3 is 0 Å². The van der Waals surface area contributed by atoms with Crippen LogP contribution in [-0.2, 0) is 21.2 Å². The number of carbonyl (C=O) groups excluding carboxylic acids is 1. The van der Waals surface area contributed by atoms with Crippen molar-refractivity contribution < 1.29 is 17.6 Å². The zero-order chi connectivity index (χ0) is 22.7. The molecule has 0 bridgehead atoms. The summed E-state index contributed by atoms with van der Waals surface area (Å²) in [6.45, 7) is 0. The molecule has 1 amide bonds. The number of aromatic amines is 1. The normalized spacial score (nSPS) is 11.4. The zero-order valence-electron chi connectivity index (χ0n) is 17.4. The summed E-state index contributed by atoms with van der Waals surface area (Å²) >= 11 is 0. The van der Waals surface area contributed by atoms with E-state index in [2.05, 4.69) is 15.0 Å². The van der Waals surface area contributed by atoms with Gasteiger partial charge in [-0.1, -0.05) is 30.3 Å². The second-order valence-electron chi connectivity index (χ2n) is 7.53. The highest BCUT2D eigenvalue weighted by molar-refractivity contribution is 7.92. The van der Waals surface area contributed by atoms with Crippen LogP contribution < -0.4 is 10.0 Å². The molecule has 1 heterocycles. The second kappa shape index (κ2) is 8.84. The van der Waals surface area contributed by atoms with Gasteiger partial charge < -0.3 is 10.3 Å². The van der Waals surface area contributed by atoms with E-state index in [1.165, 1.54) is 12.1 Å². The summed E-state index contributed by atoms with van der Waals surface area (Å²) in [6, 6.07) is 20.7. The van der Waals surface area contributed by atoms with Gasteiger partial charge in [0.25, 0.3) is 0 Å². The van der Waals surface area contributed by atoms with Crippen LogP contribution in [0.5, 0.6) is 0 Å². The topological polar surface area (TPSA) is 91.1 Å². The van der Waals surface area contributed by atoms with Crippen LogP contribution in [0.1, 0.15) is 12.0 Å². The molecule has 6 nitrogen and oxygen atoms in total. The fraction of sp³-hybridized carbons (Fsp3) is 0.125. The minimum absolute atomic E-state index is 0.196. The van der Waals surface area contributed by atoms with Crippen LogP contribution in [0, 0.1) is 5.82 Å². The average molecular weight is 452 g/mol. The molecule has 4 rings (SSSR count). The van der Waals surface area contributed by atoms with Gasteiger partial charge in [0.05, 0.1) is 6.26 Å². The van der Waals surface area contributed by atoms with Crippen molar-refractivity contribution in [1.29, 1.82) is 0 Å². The van der Waals surface area contributed by atoms with Crippen LogP contribution in [0.15, 0.2) is 72.8 Å². The van der Waals surface area contributed by atoms with Crippen molar-refractivity contribution in [2.45, 2.75) is 12.8 Å². The average Bonchev–Trinajstić information content (AvgIpc) is 3.11. The summed E-state index contributed by atoms with van der Waals surface area (Å²) in [5.74, 6) is -0.525. The van der Waals surface area contributed by atoms with Crippen LogP contribution in [0.2, 0.25) is 0 Å². The summed E-state index contributed by atoms with van der Waals surface area (Å²) in [4.78, 5) is 15.9. The quantitative estimate of drug-likeness (QED) is 0.373. The van der Waals surface area contributed by atoms with Gasteiger partial charge in [-0.2, -0.15) is 0 Å². The number of halogens is 1. The Morgan fingerprint density at radius 2 is 1.66 bits per heavy atom. The first-order valence-corrected chi connectivity index (χ1v) is 11.9. The number of hydrogen-bond acceptors (Lipinski definition) is 3. The van der Waals surface area contributed by atoms with E-state index in [4.69, 9.17) is 0 Å². The molecule has 0 aliphatic carbocycles. The van der Waals surface area contributed by atoms with Gasteiger partial charge in [-0.25, -0.2) is 12.8 Å². The molecule has 8 heteroatoms. The number of rotatable bonds is 7. The highest BCUT2D eigenvalue weighted by Gasteiger charge is 2.15. The SMILES string of the molecule is CS(=O)(=O)Nc1ccc(NC(=O)CCc2c(-c3ccccc3)[nH]c3ccc(F)cc23)cc1. The van der Waals surface area contributed by atoms with Crippen molar-refractivity contribution in [2.75, 3.05) is 16.3 Å².